The van der Waals surface area contributed by atoms with Crippen molar-refractivity contribution >= 4 is 10.0 Å². The number of piperidine rings is 1. The van der Waals surface area contributed by atoms with Crippen LogP contribution in [0.1, 0.15) is 51.0 Å². The molecule has 0 aliphatic carbocycles. The number of nitrogens with zero attached hydrogens (tertiary/aromatic N) is 1. The maximum atomic E-state index is 12.8. The molecule has 1 saturated heterocycles. The van der Waals surface area contributed by atoms with Crippen molar-refractivity contribution in [3.8, 4) is 0 Å². The minimum absolute atomic E-state index is 0.190. The smallest absolute Gasteiger partial charge is 0.207 e. The first kappa shape index (κ1) is 15.5. The zero-order valence-electron chi connectivity index (χ0n) is 12.5. The van der Waals surface area contributed by atoms with E-state index in [2.05, 4.69) is 6.92 Å². The van der Waals surface area contributed by atoms with E-state index in [1.165, 1.54) is 0 Å². The zero-order chi connectivity index (χ0) is 14.6. The van der Waals surface area contributed by atoms with E-state index >= 15 is 0 Å². The normalized spacial score (nSPS) is 21.0. The molecular weight excluding hydrogens is 270 g/mol. The Kier molecular flexibility index (Phi) is 5.22. The number of benzene rings is 1. The van der Waals surface area contributed by atoms with Gasteiger partial charge in [-0.25, -0.2) is 8.42 Å². The van der Waals surface area contributed by atoms with Crippen molar-refractivity contribution in [3.05, 3.63) is 29.8 Å². The Morgan fingerprint density at radius 1 is 1.20 bits per heavy atom. The summed E-state index contributed by atoms with van der Waals surface area (Å²) in [7, 11) is -3.33. The van der Waals surface area contributed by atoms with Crippen LogP contribution in [0.4, 0.5) is 0 Å². The Hall–Kier alpha value is -0.870. The Bertz CT molecular complexity index is 522. The van der Waals surface area contributed by atoms with Crippen molar-refractivity contribution in [3.63, 3.8) is 0 Å². The summed E-state index contributed by atoms with van der Waals surface area (Å²) in [5.74, 6) is 0. The zero-order valence-corrected chi connectivity index (χ0v) is 13.3. The highest BCUT2D eigenvalue weighted by molar-refractivity contribution is 7.89. The van der Waals surface area contributed by atoms with Gasteiger partial charge in [-0.2, -0.15) is 4.31 Å². The molecule has 1 unspecified atom stereocenters. The molecule has 0 spiro atoms. The molecule has 1 aromatic rings. The Balaban J connectivity index is 2.23. The molecule has 0 bridgehead atoms. The predicted octanol–water partition coefficient (Wildman–Crippen LogP) is 3.73. The molecule has 1 aromatic carbocycles. The summed E-state index contributed by atoms with van der Waals surface area (Å²) < 4.78 is 27.3. The summed E-state index contributed by atoms with van der Waals surface area (Å²) in [4.78, 5) is 0.437. The number of unbranched alkanes of at least 4 members (excludes halogenated alkanes) is 1. The molecule has 112 valence electrons. The summed E-state index contributed by atoms with van der Waals surface area (Å²) in [6.45, 7) is 4.80. The first-order chi connectivity index (χ1) is 9.55. The molecule has 1 fully saturated rings. The van der Waals surface area contributed by atoms with E-state index in [9.17, 15) is 8.42 Å². The maximum Gasteiger partial charge on any atom is 0.243 e. The Labute approximate surface area is 123 Å². The van der Waals surface area contributed by atoms with E-state index in [4.69, 9.17) is 0 Å². The SMILES string of the molecule is CCCCC1CCCCN1S(=O)(=O)c1ccc(C)cc1. The van der Waals surface area contributed by atoms with Crippen LogP contribution in [0.3, 0.4) is 0 Å². The second-order valence-electron chi connectivity index (χ2n) is 5.72. The number of rotatable bonds is 5. The largest absolute Gasteiger partial charge is 0.243 e. The van der Waals surface area contributed by atoms with Crippen LogP contribution in [0.15, 0.2) is 29.2 Å². The van der Waals surface area contributed by atoms with Crippen LogP contribution in [0.25, 0.3) is 0 Å². The summed E-state index contributed by atoms with van der Waals surface area (Å²) in [6.07, 6.45) is 6.34. The van der Waals surface area contributed by atoms with Crippen molar-refractivity contribution in [1.29, 1.82) is 0 Å². The summed E-state index contributed by atoms with van der Waals surface area (Å²) in [5.41, 5.74) is 1.09. The second kappa shape index (κ2) is 6.72. The minimum atomic E-state index is -3.33. The van der Waals surface area contributed by atoms with E-state index in [0.29, 0.717) is 11.4 Å². The summed E-state index contributed by atoms with van der Waals surface area (Å²) in [6, 6.07) is 7.40. The van der Waals surface area contributed by atoms with Gasteiger partial charge in [0.1, 0.15) is 0 Å². The van der Waals surface area contributed by atoms with Gasteiger partial charge in [0.05, 0.1) is 4.90 Å². The van der Waals surface area contributed by atoms with Crippen LogP contribution < -0.4 is 0 Å². The molecule has 0 aromatic heterocycles. The van der Waals surface area contributed by atoms with E-state index < -0.39 is 10.0 Å². The molecule has 2 rings (SSSR count). The average molecular weight is 295 g/mol. The second-order valence-corrected chi connectivity index (χ2v) is 7.61. The molecule has 1 aliphatic heterocycles. The predicted molar refractivity (Wildman–Crippen MR) is 82.2 cm³/mol. The number of aryl methyl sites for hydroxylation is 1. The minimum Gasteiger partial charge on any atom is -0.207 e. The van der Waals surface area contributed by atoms with Crippen LogP contribution >= 0.6 is 0 Å². The third-order valence-corrected chi connectivity index (χ3v) is 6.06. The average Bonchev–Trinajstić information content (AvgIpc) is 2.46. The van der Waals surface area contributed by atoms with Crippen molar-refractivity contribution in [2.75, 3.05) is 6.54 Å². The van der Waals surface area contributed by atoms with Gasteiger partial charge in [-0.05, 0) is 38.3 Å². The summed E-state index contributed by atoms with van der Waals surface area (Å²) >= 11 is 0. The highest BCUT2D eigenvalue weighted by Gasteiger charge is 2.32. The lowest BCUT2D eigenvalue weighted by Crippen LogP contribution is -2.43. The molecule has 1 atom stereocenters. The molecular formula is C16H25NO2S. The van der Waals surface area contributed by atoms with Gasteiger partial charge in [0.25, 0.3) is 0 Å². The lowest BCUT2D eigenvalue weighted by Gasteiger charge is -2.34. The van der Waals surface area contributed by atoms with Gasteiger partial charge in [-0.15, -0.1) is 0 Å². The maximum absolute atomic E-state index is 12.8. The molecule has 0 saturated carbocycles. The first-order valence-corrected chi connectivity index (χ1v) is 9.08. The molecule has 1 aliphatic rings. The van der Waals surface area contributed by atoms with Gasteiger partial charge < -0.3 is 0 Å². The van der Waals surface area contributed by atoms with E-state index in [1.54, 1.807) is 16.4 Å². The topological polar surface area (TPSA) is 37.4 Å². The third kappa shape index (κ3) is 3.41. The van der Waals surface area contributed by atoms with Gasteiger partial charge >= 0.3 is 0 Å². The first-order valence-electron chi connectivity index (χ1n) is 7.64. The Morgan fingerprint density at radius 3 is 2.55 bits per heavy atom. The van der Waals surface area contributed by atoms with Crippen LogP contribution in [0.2, 0.25) is 0 Å². The van der Waals surface area contributed by atoms with E-state index in [-0.39, 0.29) is 6.04 Å². The number of sulfonamides is 1. The highest BCUT2D eigenvalue weighted by Crippen LogP contribution is 2.28. The molecule has 20 heavy (non-hydrogen) atoms. The molecule has 0 N–H and O–H groups in total. The fourth-order valence-corrected chi connectivity index (χ4v) is 4.59. The van der Waals surface area contributed by atoms with Gasteiger partial charge in [0, 0.05) is 12.6 Å². The van der Waals surface area contributed by atoms with Crippen molar-refractivity contribution < 1.29 is 8.42 Å². The molecule has 3 nitrogen and oxygen atoms in total. The fraction of sp³-hybridized carbons (Fsp3) is 0.625. The standard InChI is InChI=1S/C16H25NO2S/c1-3-4-7-15-8-5-6-13-17(15)20(18,19)16-11-9-14(2)10-12-16/h9-12,15H,3-8,13H2,1-2H3. The quantitative estimate of drug-likeness (QED) is 0.830. The van der Waals surface area contributed by atoms with Gasteiger partial charge in [-0.1, -0.05) is 43.9 Å². The lowest BCUT2D eigenvalue weighted by atomic mass is 10.00. The van der Waals surface area contributed by atoms with E-state index in [0.717, 1.165) is 44.1 Å². The molecule has 1 heterocycles. The van der Waals surface area contributed by atoms with Crippen LogP contribution in [0.5, 0.6) is 0 Å². The third-order valence-electron chi connectivity index (χ3n) is 4.09. The number of hydrogen-bond donors (Lipinski definition) is 0. The highest BCUT2D eigenvalue weighted by atomic mass is 32.2. The van der Waals surface area contributed by atoms with Crippen molar-refractivity contribution in [2.24, 2.45) is 0 Å². The summed E-state index contributed by atoms with van der Waals surface area (Å²) in [5, 5.41) is 0. The van der Waals surface area contributed by atoms with Gasteiger partial charge in [-0.3, -0.25) is 0 Å². The Morgan fingerprint density at radius 2 is 1.90 bits per heavy atom. The van der Waals surface area contributed by atoms with E-state index in [1.807, 2.05) is 19.1 Å². The van der Waals surface area contributed by atoms with Crippen LogP contribution in [0, 0.1) is 6.92 Å². The lowest BCUT2D eigenvalue weighted by molar-refractivity contribution is 0.237. The molecule has 0 radical (unpaired) electrons. The molecule has 0 amide bonds. The van der Waals surface area contributed by atoms with Gasteiger partial charge in [0.15, 0.2) is 0 Å². The monoisotopic (exact) mass is 295 g/mol. The fourth-order valence-electron chi connectivity index (χ4n) is 2.86. The van der Waals surface area contributed by atoms with Crippen molar-refractivity contribution in [1.82, 2.24) is 4.31 Å². The molecule has 4 heteroatoms. The number of hydrogen-bond acceptors (Lipinski definition) is 2. The van der Waals surface area contributed by atoms with Gasteiger partial charge in [0.2, 0.25) is 10.0 Å². The van der Waals surface area contributed by atoms with Crippen LogP contribution in [-0.2, 0) is 10.0 Å². The van der Waals surface area contributed by atoms with Crippen molar-refractivity contribution in [2.45, 2.75) is 63.3 Å². The van der Waals surface area contributed by atoms with Crippen LogP contribution in [-0.4, -0.2) is 25.3 Å².